The molecule has 1 aromatic carbocycles. The minimum atomic E-state index is -0.812. The summed E-state index contributed by atoms with van der Waals surface area (Å²) in [5.74, 6) is 0.266. The largest absolute Gasteiger partial charge is 0.481 e. The molecule has 0 bridgehead atoms. The SMILES string of the molecule is Cc1nc(CCC(=O)NCC2(C(=O)O)CCCCC2)oc1-c1ccccc1. The Kier molecular flexibility index (Phi) is 5.94. The van der Waals surface area contributed by atoms with Crippen LogP contribution in [0.25, 0.3) is 11.3 Å². The van der Waals surface area contributed by atoms with Crippen LogP contribution in [0.2, 0.25) is 0 Å². The molecule has 1 saturated carbocycles. The van der Waals surface area contributed by atoms with Crippen molar-refractivity contribution in [3.63, 3.8) is 0 Å². The number of nitrogens with zero attached hydrogens (tertiary/aromatic N) is 1. The van der Waals surface area contributed by atoms with E-state index in [0.717, 1.165) is 36.3 Å². The number of benzene rings is 1. The molecular formula is C21H26N2O4. The molecule has 0 aliphatic heterocycles. The summed E-state index contributed by atoms with van der Waals surface area (Å²) in [5, 5.41) is 12.4. The van der Waals surface area contributed by atoms with Gasteiger partial charge in [-0.3, -0.25) is 9.59 Å². The topological polar surface area (TPSA) is 92.4 Å². The van der Waals surface area contributed by atoms with Gasteiger partial charge in [0.2, 0.25) is 5.91 Å². The molecule has 1 fully saturated rings. The molecular weight excluding hydrogens is 344 g/mol. The summed E-state index contributed by atoms with van der Waals surface area (Å²) in [4.78, 5) is 28.3. The Labute approximate surface area is 159 Å². The zero-order valence-corrected chi connectivity index (χ0v) is 15.7. The molecule has 0 unspecified atom stereocenters. The minimum Gasteiger partial charge on any atom is -0.481 e. The highest BCUT2D eigenvalue weighted by molar-refractivity contribution is 5.79. The van der Waals surface area contributed by atoms with E-state index in [1.54, 1.807) is 0 Å². The van der Waals surface area contributed by atoms with Crippen molar-refractivity contribution in [1.29, 1.82) is 0 Å². The zero-order chi connectivity index (χ0) is 19.3. The number of nitrogens with one attached hydrogen (secondary N) is 1. The Morgan fingerprint density at radius 3 is 2.56 bits per heavy atom. The van der Waals surface area contributed by atoms with E-state index in [2.05, 4.69) is 10.3 Å². The highest BCUT2D eigenvalue weighted by Crippen LogP contribution is 2.36. The molecule has 3 rings (SSSR count). The Balaban J connectivity index is 1.54. The van der Waals surface area contributed by atoms with Gasteiger partial charge in [0, 0.05) is 24.9 Å². The summed E-state index contributed by atoms with van der Waals surface area (Å²) in [6.07, 6.45) is 4.74. The standard InChI is InChI=1S/C21H26N2O4/c1-15-19(16-8-4-2-5-9-16)27-18(23-15)11-10-17(24)22-14-21(20(25)26)12-6-3-7-13-21/h2,4-5,8-9H,3,6-7,10-14H2,1H3,(H,22,24)(H,25,26). The van der Waals surface area contributed by atoms with Crippen molar-refractivity contribution in [1.82, 2.24) is 10.3 Å². The molecule has 1 heterocycles. The Morgan fingerprint density at radius 1 is 1.19 bits per heavy atom. The van der Waals surface area contributed by atoms with Gasteiger partial charge >= 0.3 is 5.97 Å². The van der Waals surface area contributed by atoms with Gasteiger partial charge in [0.25, 0.3) is 0 Å². The average molecular weight is 370 g/mol. The molecule has 0 saturated heterocycles. The van der Waals surface area contributed by atoms with Gasteiger partial charge in [-0.25, -0.2) is 4.98 Å². The van der Waals surface area contributed by atoms with Gasteiger partial charge in [-0.2, -0.15) is 0 Å². The number of aliphatic carboxylic acids is 1. The van der Waals surface area contributed by atoms with Crippen LogP contribution in [0.5, 0.6) is 0 Å². The first kappa shape index (κ1) is 19.1. The van der Waals surface area contributed by atoms with Crippen molar-refractivity contribution in [2.75, 3.05) is 6.54 Å². The third-order valence-corrected chi connectivity index (χ3v) is 5.33. The number of amides is 1. The molecule has 1 aliphatic carbocycles. The normalized spacial score (nSPS) is 16.0. The van der Waals surface area contributed by atoms with Crippen molar-refractivity contribution in [3.05, 3.63) is 41.9 Å². The number of aromatic nitrogens is 1. The van der Waals surface area contributed by atoms with Crippen LogP contribution in [0.15, 0.2) is 34.7 Å². The molecule has 2 aromatic rings. The van der Waals surface area contributed by atoms with E-state index in [4.69, 9.17) is 4.42 Å². The number of carbonyl (C=O) groups excluding carboxylic acids is 1. The highest BCUT2D eigenvalue weighted by Gasteiger charge is 2.39. The predicted molar refractivity (Wildman–Crippen MR) is 101 cm³/mol. The number of carboxylic acids is 1. The van der Waals surface area contributed by atoms with Crippen LogP contribution in [0, 0.1) is 12.3 Å². The molecule has 0 spiro atoms. The molecule has 6 nitrogen and oxygen atoms in total. The Hall–Kier alpha value is -2.63. The number of oxazole rings is 1. The van der Waals surface area contributed by atoms with Crippen molar-refractivity contribution in [2.45, 2.75) is 51.9 Å². The van der Waals surface area contributed by atoms with E-state index in [-0.39, 0.29) is 18.9 Å². The van der Waals surface area contributed by atoms with E-state index in [9.17, 15) is 14.7 Å². The van der Waals surface area contributed by atoms with Crippen LogP contribution >= 0.6 is 0 Å². The second-order valence-corrected chi connectivity index (χ2v) is 7.31. The summed E-state index contributed by atoms with van der Waals surface area (Å²) >= 11 is 0. The van der Waals surface area contributed by atoms with Crippen molar-refractivity contribution in [2.24, 2.45) is 5.41 Å². The quantitative estimate of drug-likeness (QED) is 0.775. The lowest BCUT2D eigenvalue weighted by Gasteiger charge is -2.33. The molecule has 144 valence electrons. The zero-order valence-electron chi connectivity index (χ0n) is 15.7. The number of hydrogen-bond acceptors (Lipinski definition) is 4. The monoisotopic (exact) mass is 370 g/mol. The third-order valence-electron chi connectivity index (χ3n) is 5.33. The van der Waals surface area contributed by atoms with Gasteiger partial charge in [-0.05, 0) is 19.8 Å². The van der Waals surface area contributed by atoms with Gasteiger partial charge < -0.3 is 14.8 Å². The summed E-state index contributed by atoms with van der Waals surface area (Å²) in [6.45, 7) is 2.08. The molecule has 1 aliphatic rings. The lowest BCUT2D eigenvalue weighted by Crippen LogP contribution is -2.44. The molecule has 6 heteroatoms. The van der Waals surface area contributed by atoms with Gasteiger partial charge in [0.05, 0.1) is 11.1 Å². The van der Waals surface area contributed by atoms with Gasteiger partial charge in [0.1, 0.15) is 0 Å². The number of hydrogen-bond donors (Lipinski definition) is 2. The van der Waals surface area contributed by atoms with Crippen molar-refractivity contribution in [3.8, 4) is 11.3 Å². The smallest absolute Gasteiger partial charge is 0.311 e. The second-order valence-electron chi connectivity index (χ2n) is 7.31. The first-order chi connectivity index (χ1) is 13.0. The molecule has 0 atom stereocenters. The molecule has 2 N–H and O–H groups in total. The second kappa shape index (κ2) is 8.37. The van der Waals surface area contributed by atoms with Crippen molar-refractivity contribution < 1.29 is 19.1 Å². The predicted octanol–water partition coefficient (Wildman–Crippen LogP) is 3.73. The van der Waals surface area contributed by atoms with Crippen LogP contribution in [-0.4, -0.2) is 28.5 Å². The van der Waals surface area contributed by atoms with Crippen LogP contribution in [0.4, 0.5) is 0 Å². The van der Waals surface area contributed by atoms with Gasteiger partial charge in [-0.1, -0.05) is 49.6 Å². The lowest BCUT2D eigenvalue weighted by molar-refractivity contribution is -0.151. The van der Waals surface area contributed by atoms with E-state index >= 15 is 0 Å². The van der Waals surface area contributed by atoms with Gasteiger partial charge in [-0.15, -0.1) is 0 Å². The summed E-state index contributed by atoms with van der Waals surface area (Å²) in [7, 11) is 0. The van der Waals surface area contributed by atoms with Crippen molar-refractivity contribution >= 4 is 11.9 Å². The third kappa shape index (κ3) is 4.56. The molecule has 1 aromatic heterocycles. The van der Waals surface area contributed by atoms with Crippen LogP contribution < -0.4 is 5.32 Å². The van der Waals surface area contributed by atoms with Crippen LogP contribution in [0.3, 0.4) is 0 Å². The number of carboxylic acid groups (broad SMARTS) is 1. The van der Waals surface area contributed by atoms with E-state index in [1.807, 2.05) is 37.3 Å². The number of carbonyl (C=O) groups is 2. The first-order valence-electron chi connectivity index (χ1n) is 9.52. The van der Waals surface area contributed by atoms with E-state index in [1.165, 1.54) is 0 Å². The fourth-order valence-electron chi connectivity index (χ4n) is 3.69. The maximum absolute atomic E-state index is 12.2. The summed E-state index contributed by atoms with van der Waals surface area (Å²) in [6, 6.07) is 9.73. The fourth-order valence-corrected chi connectivity index (χ4v) is 3.69. The number of aryl methyl sites for hydroxylation is 2. The van der Waals surface area contributed by atoms with E-state index in [0.29, 0.717) is 25.2 Å². The average Bonchev–Trinajstić information content (AvgIpc) is 3.06. The highest BCUT2D eigenvalue weighted by atomic mass is 16.4. The maximum Gasteiger partial charge on any atom is 0.311 e. The summed E-state index contributed by atoms with van der Waals surface area (Å²) in [5.41, 5.74) is 0.941. The van der Waals surface area contributed by atoms with Gasteiger partial charge in [0.15, 0.2) is 11.7 Å². The van der Waals surface area contributed by atoms with Crippen LogP contribution in [-0.2, 0) is 16.0 Å². The lowest BCUT2D eigenvalue weighted by atomic mass is 9.74. The maximum atomic E-state index is 12.2. The first-order valence-corrected chi connectivity index (χ1v) is 9.52. The Bertz CT molecular complexity index is 792. The number of rotatable bonds is 7. The van der Waals surface area contributed by atoms with E-state index < -0.39 is 11.4 Å². The molecule has 27 heavy (non-hydrogen) atoms. The Morgan fingerprint density at radius 2 is 1.89 bits per heavy atom. The van der Waals surface area contributed by atoms with Crippen LogP contribution in [0.1, 0.15) is 50.1 Å². The minimum absolute atomic E-state index is 0.168. The summed E-state index contributed by atoms with van der Waals surface area (Å²) < 4.78 is 5.82. The molecule has 0 radical (unpaired) electrons. The molecule has 1 amide bonds. The fraction of sp³-hybridized carbons (Fsp3) is 0.476.